The fourth-order valence-electron chi connectivity index (χ4n) is 1.06. The third kappa shape index (κ3) is 5.75. The SMILES string of the molecule is Cc1cc(OCCOCCN)cc(=O)o1.Cl. The fraction of sp³-hybridized carbons (Fsp3) is 0.500. The number of rotatable bonds is 6. The van der Waals surface area contributed by atoms with Crippen molar-refractivity contribution in [2.45, 2.75) is 6.92 Å². The Balaban J connectivity index is 0.00000225. The van der Waals surface area contributed by atoms with Gasteiger partial charge in [0.05, 0.1) is 19.3 Å². The summed E-state index contributed by atoms with van der Waals surface area (Å²) >= 11 is 0. The molecule has 0 fully saturated rings. The van der Waals surface area contributed by atoms with E-state index in [0.29, 0.717) is 37.9 Å². The highest BCUT2D eigenvalue weighted by molar-refractivity contribution is 5.85. The van der Waals surface area contributed by atoms with E-state index in [1.807, 2.05) is 0 Å². The summed E-state index contributed by atoms with van der Waals surface area (Å²) in [6.45, 7) is 3.55. The Morgan fingerprint density at radius 1 is 1.31 bits per heavy atom. The first-order chi connectivity index (χ1) is 7.22. The van der Waals surface area contributed by atoms with E-state index in [2.05, 4.69) is 0 Å². The minimum absolute atomic E-state index is 0. The molecule has 0 aromatic carbocycles. The van der Waals surface area contributed by atoms with Gasteiger partial charge in [0, 0.05) is 12.6 Å². The van der Waals surface area contributed by atoms with E-state index in [-0.39, 0.29) is 12.4 Å². The fourth-order valence-corrected chi connectivity index (χ4v) is 1.06. The van der Waals surface area contributed by atoms with Crippen LogP contribution in [0.1, 0.15) is 5.76 Å². The highest BCUT2D eigenvalue weighted by Crippen LogP contribution is 2.08. The van der Waals surface area contributed by atoms with Crippen LogP contribution in [0.2, 0.25) is 0 Å². The number of aryl methyl sites for hydroxylation is 1. The summed E-state index contributed by atoms with van der Waals surface area (Å²) in [4.78, 5) is 11.0. The summed E-state index contributed by atoms with van der Waals surface area (Å²) in [7, 11) is 0. The molecule has 6 heteroatoms. The smallest absolute Gasteiger partial charge is 0.339 e. The molecule has 0 unspecified atom stereocenters. The molecule has 0 aliphatic rings. The van der Waals surface area contributed by atoms with Crippen LogP contribution in [0.3, 0.4) is 0 Å². The molecule has 0 spiro atoms. The van der Waals surface area contributed by atoms with Crippen LogP contribution in [-0.2, 0) is 4.74 Å². The third-order valence-corrected chi connectivity index (χ3v) is 1.63. The molecule has 0 saturated carbocycles. The number of halogens is 1. The van der Waals surface area contributed by atoms with E-state index < -0.39 is 5.63 Å². The van der Waals surface area contributed by atoms with Gasteiger partial charge in [0.1, 0.15) is 18.1 Å². The molecule has 92 valence electrons. The first kappa shape index (κ1) is 15.0. The molecule has 1 aromatic heterocycles. The van der Waals surface area contributed by atoms with Crippen LogP contribution in [-0.4, -0.2) is 26.4 Å². The number of nitrogens with two attached hydrogens (primary N) is 1. The summed E-state index contributed by atoms with van der Waals surface area (Å²) < 4.78 is 15.2. The van der Waals surface area contributed by atoms with Crippen molar-refractivity contribution in [1.82, 2.24) is 0 Å². The Morgan fingerprint density at radius 3 is 2.69 bits per heavy atom. The first-order valence-corrected chi connectivity index (χ1v) is 4.75. The van der Waals surface area contributed by atoms with E-state index in [9.17, 15) is 4.79 Å². The molecule has 0 saturated heterocycles. The van der Waals surface area contributed by atoms with Crippen molar-refractivity contribution in [3.63, 3.8) is 0 Å². The van der Waals surface area contributed by atoms with Gasteiger partial charge in [-0.2, -0.15) is 0 Å². The quantitative estimate of drug-likeness (QED) is 0.752. The maximum atomic E-state index is 11.0. The van der Waals surface area contributed by atoms with Crippen LogP contribution < -0.4 is 16.1 Å². The zero-order chi connectivity index (χ0) is 11.1. The van der Waals surface area contributed by atoms with Gasteiger partial charge in [-0.3, -0.25) is 0 Å². The third-order valence-electron chi connectivity index (χ3n) is 1.63. The first-order valence-electron chi connectivity index (χ1n) is 4.75. The standard InChI is InChI=1S/C10H15NO4.ClH/c1-8-6-9(7-10(12)15-8)14-5-4-13-3-2-11;/h6-7H,2-5,11H2,1H3;1H. The highest BCUT2D eigenvalue weighted by Gasteiger charge is 1.98. The second-order valence-corrected chi connectivity index (χ2v) is 2.97. The molecule has 0 radical (unpaired) electrons. The number of hydrogen-bond acceptors (Lipinski definition) is 5. The summed E-state index contributed by atoms with van der Waals surface area (Å²) in [5, 5.41) is 0. The van der Waals surface area contributed by atoms with Crippen molar-refractivity contribution in [3.05, 3.63) is 28.3 Å². The Kier molecular flexibility index (Phi) is 7.62. The monoisotopic (exact) mass is 249 g/mol. The van der Waals surface area contributed by atoms with Crippen molar-refractivity contribution >= 4 is 12.4 Å². The Hall–Kier alpha value is -1.04. The highest BCUT2D eigenvalue weighted by atomic mass is 35.5. The van der Waals surface area contributed by atoms with E-state index in [1.54, 1.807) is 13.0 Å². The van der Waals surface area contributed by atoms with Crippen molar-refractivity contribution in [2.24, 2.45) is 5.73 Å². The Bertz CT molecular complexity index is 353. The Labute approximate surface area is 99.9 Å². The van der Waals surface area contributed by atoms with Crippen LogP contribution >= 0.6 is 12.4 Å². The zero-order valence-corrected chi connectivity index (χ0v) is 9.92. The summed E-state index contributed by atoms with van der Waals surface area (Å²) in [5.41, 5.74) is 4.83. The molecule has 1 rings (SSSR count). The van der Waals surface area contributed by atoms with Gasteiger partial charge in [-0.05, 0) is 6.92 Å². The molecule has 0 bridgehead atoms. The normalized spacial score (nSPS) is 9.62. The van der Waals surface area contributed by atoms with Crippen molar-refractivity contribution in [3.8, 4) is 5.75 Å². The molecule has 0 amide bonds. The molecular weight excluding hydrogens is 234 g/mol. The average molecular weight is 250 g/mol. The lowest BCUT2D eigenvalue weighted by Gasteiger charge is -2.06. The van der Waals surface area contributed by atoms with Crippen molar-refractivity contribution in [1.29, 1.82) is 0 Å². The second-order valence-electron chi connectivity index (χ2n) is 2.97. The van der Waals surface area contributed by atoms with Crippen LogP contribution in [0, 0.1) is 6.92 Å². The van der Waals surface area contributed by atoms with E-state index in [4.69, 9.17) is 19.6 Å². The Morgan fingerprint density at radius 2 is 2.06 bits per heavy atom. The lowest BCUT2D eigenvalue weighted by molar-refractivity contribution is 0.105. The minimum Gasteiger partial charge on any atom is -0.491 e. The zero-order valence-electron chi connectivity index (χ0n) is 9.10. The average Bonchev–Trinajstić information content (AvgIpc) is 2.16. The second kappa shape index (κ2) is 8.15. The van der Waals surface area contributed by atoms with E-state index in [1.165, 1.54) is 6.07 Å². The predicted molar refractivity (Wildman–Crippen MR) is 62.3 cm³/mol. The van der Waals surface area contributed by atoms with Crippen LogP contribution in [0.15, 0.2) is 21.3 Å². The van der Waals surface area contributed by atoms with Crippen LogP contribution in [0.25, 0.3) is 0 Å². The number of hydrogen-bond donors (Lipinski definition) is 1. The molecule has 0 aliphatic heterocycles. The van der Waals surface area contributed by atoms with Gasteiger partial charge in [0.15, 0.2) is 0 Å². The lowest BCUT2D eigenvalue weighted by Crippen LogP contribution is -2.13. The topological polar surface area (TPSA) is 74.7 Å². The number of ether oxygens (including phenoxy) is 2. The predicted octanol–water partition coefficient (Wildman–Crippen LogP) is 0.724. The van der Waals surface area contributed by atoms with Gasteiger partial charge in [-0.15, -0.1) is 12.4 Å². The van der Waals surface area contributed by atoms with Crippen molar-refractivity contribution < 1.29 is 13.9 Å². The molecule has 0 atom stereocenters. The maximum Gasteiger partial charge on any atom is 0.339 e. The van der Waals surface area contributed by atoms with Gasteiger partial charge in [-0.25, -0.2) is 4.79 Å². The van der Waals surface area contributed by atoms with Crippen LogP contribution in [0.5, 0.6) is 5.75 Å². The van der Waals surface area contributed by atoms with E-state index in [0.717, 1.165) is 0 Å². The van der Waals surface area contributed by atoms with E-state index >= 15 is 0 Å². The summed E-state index contributed by atoms with van der Waals surface area (Å²) in [5.74, 6) is 1.03. The van der Waals surface area contributed by atoms with Gasteiger partial charge >= 0.3 is 5.63 Å². The summed E-state index contributed by atoms with van der Waals surface area (Å²) in [6.07, 6.45) is 0. The molecule has 2 N–H and O–H groups in total. The van der Waals surface area contributed by atoms with Crippen molar-refractivity contribution in [2.75, 3.05) is 26.4 Å². The summed E-state index contributed by atoms with van der Waals surface area (Å²) in [6, 6.07) is 2.96. The molecule has 1 heterocycles. The van der Waals surface area contributed by atoms with Gasteiger partial charge < -0.3 is 19.6 Å². The van der Waals surface area contributed by atoms with Crippen LogP contribution in [0.4, 0.5) is 0 Å². The molecular formula is C10H16ClNO4. The molecule has 0 aliphatic carbocycles. The molecule has 1 aromatic rings. The largest absolute Gasteiger partial charge is 0.491 e. The van der Waals surface area contributed by atoms with Gasteiger partial charge in [-0.1, -0.05) is 0 Å². The lowest BCUT2D eigenvalue weighted by atomic mass is 10.4. The minimum atomic E-state index is -0.409. The van der Waals surface area contributed by atoms with Gasteiger partial charge in [0.2, 0.25) is 0 Å². The van der Waals surface area contributed by atoms with Gasteiger partial charge in [0.25, 0.3) is 0 Å². The molecule has 5 nitrogen and oxygen atoms in total. The molecule has 16 heavy (non-hydrogen) atoms. The maximum absolute atomic E-state index is 11.0.